The van der Waals surface area contributed by atoms with Gasteiger partial charge >= 0.3 is 0 Å². The molecular formula is C9H15N3O. The molecule has 13 heavy (non-hydrogen) atoms. The fourth-order valence-electron chi connectivity index (χ4n) is 0.915. The van der Waals surface area contributed by atoms with E-state index in [9.17, 15) is 0 Å². The Morgan fingerprint density at radius 3 is 2.69 bits per heavy atom. The van der Waals surface area contributed by atoms with Gasteiger partial charge in [-0.1, -0.05) is 0 Å². The second-order valence-electron chi connectivity index (χ2n) is 3.23. The molecule has 0 saturated heterocycles. The number of aryl methyl sites for hydroxylation is 2. The lowest BCUT2D eigenvalue weighted by atomic mass is 10.2. The van der Waals surface area contributed by atoms with E-state index in [1.54, 1.807) is 0 Å². The SMILES string of the molecule is Cc1cc(NC(C)CO)nnc1C. The zero-order valence-electron chi connectivity index (χ0n) is 8.20. The van der Waals surface area contributed by atoms with Gasteiger partial charge in [-0.2, -0.15) is 5.10 Å². The number of nitrogens with zero attached hydrogens (tertiary/aromatic N) is 2. The van der Waals surface area contributed by atoms with Crippen molar-refractivity contribution in [2.75, 3.05) is 11.9 Å². The van der Waals surface area contributed by atoms with Crippen LogP contribution in [0.15, 0.2) is 6.07 Å². The minimum Gasteiger partial charge on any atom is -0.394 e. The fourth-order valence-corrected chi connectivity index (χ4v) is 0.915. The molecule has 72 valence electrons. The molecular weight excluding hydrogens is 166 g/mol. The van der Waals surface area contributed by atoms with Crippen LogP contribution in [0.5, 0.6) is 0 Å². The Morgan fingerprint density at radius 2 is 2.15 bits per heavy atom. The van der Waals surface area contributed by atoms with Crippen LogP contribution in [0.1, 0.15) is 18.2 Å². The van der Waals surface area contributed by atoms with Crippen LogP contribution < -0.4 is 5.32 Å². The molecule has 0 fully saturated rings. The lowest BCUT2D eigenvalue weighted by Crippen LogP contribution is -2.20. The van der Waals surface area contributed by atoms with Gasteiger partial charge in [0, 0.05) is 6.04 Å². The van der Waals surface area contributed by atoms with Crippen LogP contribution in [0.4, 0.5) is 5.82 Å². The summed E-state index contributed by atoms with van der Waals surface area (Å²) >= 11 is 0. The van der Waals surface area contributed by atoms with Crippen molar-refractivity contribution in [3.63, 3.8) is 0 Å². The molecule has 0 aliphatic rings. The summed E-state index contributed by atoms with van der Waals surface area (Å²) in [6, 6.07) is 1.94. The number of aliphatic hydroxyl groups is 1. The fraction of sp³-hybridized carbons (Fsp3) is 0.556. The van der Waals surface area contributed by atoms with Gasteiger partial charge in [0.1, 0.15) is 5.82 Å². The van der Waals surface area contributed by atoms with Gasteiger partial charge in [-0.05, 0) is 32.4 Å². The van der Waals surface area contributed by atoms with Crippen LogP contribution in [0.3, 0.4) is 0 Å². The van der Waals surface area contributed by atoms with Gasteiger partial charge in [0.05, 0.1) is 12.3 Å². The summed E-state index contributed by atoms with van der Waals surface area (Å²) in [7, 11) is 0. The Bertz CT molecular complexity index is 288. The van der Waals surface area contributed by atoms with E-state index in [1.807, 2.05) is 26.8 Å². The van der Waals surface area contributed by atoms with Gasteiger partial charge in [0.15, 0.2) is 0 Å². The Kier molecular flexibility index (Phi) is 3.19. The summed E-state index contributed by atoms with van der Waals surface area (Å²) in [5.74, 6) is 0.713. The third-order valence-electron chi connectivity index (χ3n) is 1.90. The maximum Gasteiger partial charge on any atom is 0.149 e. The molecule has 4 nitrogen and oxygen atoms in total. The summed E-state index contributed by atoms with van der Waals surface area (Å²) < 4.78 is 0. The van der Waals surface area contributed by atoms with E-state index in [0.717, 1.165) is 11.3 Å². The van der Waals surface area contributed by atoms with Gasteiger partial charge in [-0.3, -0.25) is 0 Å². The van der Waals surface area contributed by atoms with Crippen molar-refractivity contribution in [1.29, 1.82) is 0 Å². The molecule has 0 bridgehead atoms. The number of anilines is 1. The van der Waals surface area contributed by atoms with Crippen LogP contribution in [0.25, 0.3) is 0 Å². The summed E-state index contributed by atoms with van der Waals surface area (Å²) in [4.78, 5) is 0. The Balaban J connectivity index is 2.73. The minimum absolute atomic E-state index is 0.0106. The van der Waals surface area contributed by atoms with Gasteiger partial charge in [-0.25, -0.2) is 0 Å². The predicted molar refractivity (Wildman–Crippen MR) is 51.7 cm³/mol. The second kappa shape index (κ2) is 4.18. The number of hydrogen-bond donors (Lipinski definition) is 2. The molecule has 0 spiro atoms. The van der Waals surface area contributed by atoms with Crippen LogP contribution in [-0.4, -0.2) is 28.0 Å². The summed E-state index contributed by atoms with van der Waals surface area (Å²) in [6.45, 7) is 5.88. The first kappa shape index (κ1) is 9.92. The van der Waals surface area contributed by atoms with E-state index in [0.29, 0.717) is 5.82 Å². The molecule has 0 saturated carbocycles. The number of aliphatic hydroxyl groups excluding tert-OH is 1. The van der Waals surface area contributed by atoms with Crippen molar-refractivity contribution < 1.29 is 5.11 Å². The third kappa shape index (κ3) is 2.66. The number of aromatic nitrogens is 2. The molecule has 0 radical (unpaired) electrons. The normalized spacial score (nSPS) is 12.6. The van der Waals surface area contributed by atoms with E-state index in [-0.39, 0.29) is 12.6 Å². The van der Waals surface area contributed by atoms with Crippen molar-refractivity contribution in [3.8, 4) is 0 Å². The van der Waals surface area contributed by atoms with E-state index in [4.69, 9.17) is 5.11 Å². The topological polar surface area (TPSA) is 58.0 Å². The van der Waals surface area contributed by atoms with E-state index >= 15 is 0 Å². The minimum atomic E-state index is 0.0106. The molecule has 0 aromatic carbocycles. The largest absolute Gasteiger partial charge is 0.394 e. The maximum absolute atomic E-state index is 8.81. The highest BCUT2D eigenvalue weighted by Crippen LogP contribution is 2.08. The monoisotopic (exact) mass is 181 g/mol. The highest BCUT2D eigenvalue weighted by molar-refractivity contribution is 5.38. The zero-order chi connectivity index (χ0) is 9.84. The first-order valence-electron chi connectivity index (χ1n) is 4.32. The molecule has 1 aromatic heterocycles. The van der Waals surface area contributed by atoms with Crippen LogP contribution in [0, 0.1) is 13.8 Å². The average molecular weight is 181 g/mol. The van der Waals surface area contributed by atoms with Crippen LogP contribution in [0.2, 0.25) is 0 Å². The maximum atomic E-state index is 8.81. The van der Waals surface area contributed by atoms with Gasteiger partial charge in [0.2, 0.25) is 0 Å². The summed E-state index contributed by atoms with van der Waals surface area (Å²) in [6.07, 6.45) is 0. The third-order valence-corrected chi connectivity index (χ3v) is 1.90. The van der Waals surface area contributed by atoms with Crippen molar-refractivity contribution in [2.45, 2.75) is 26.8 Å². The summed E-state index contributed by atoms with van der Waals surface area (Å²) in [5, 5.41) is 19.8. The van der Waals surface area contributed by atoms with Crippen molar-refractivity contribution in [1.82, 2.24) is 10.2 Å². The van der Waals surface area contributed by atoms with E-state index in [2.05, 4.69) is 15.5 Å². The average Bonchev–Trinajstić information content (AvgIpc) is 2.11. The standard InChI is InChI=1S/C9H15N3O/c1-6-4-9(10-7(2)5-13)12-11-8(6)3/h4,7,13H,5H2,1-3H3,(H,10,12). The second-order valence-corrected chi connectivity index (χ2v) is 3.23. The molecule has 1 rings (SSSR count). The first-order chi connectivity index (χ1) is 6.13. The molecule has 0 amide bonds. The van der Waals surface area contributed by atoms with Crippen molar-refractivity contribution in [2.24, 2.45) is 0 Å². The van der Waals surface area contributed by atoms with Crippen LogP contribution >= 0.6 is 0 Å². The molecule has 1 unspecified atom stereocenters. The van der Waals surface area contributed by atoms with E-state index < -0.39 is 0 Å². The van der Waals surface area contributed by atoms with Crippen LogP contribution in [-0.2, 0) is 0 Å². The van der Waals surface area contributed by atoms with E-state index in [1.165, 1.54) is 0 Å². The van der Waals surface area contributed by atoms with Gasteiger partial charge < -0.3 is 10.4 Å². The lowest BCUT2D eigenvalue weighted by molar-refractivity contribution is 0.281. The quantitative estimate of drug-likeness (QED) is 0.727. The number of hydrogen-bond acceptors (Lipinski definition) is 4. The number of nitrogens with one attached hydrogen (secondary N) is 1. The van der Waals surface area contributed by atoms with Crippen molar-refractivity contribution in [3.05, 3.63) is 17.3 Å². The lowest BCUT2D eigenvalue weighted by Gasteiger charge is -2.11. The summed E-state index contributed by atoms with van der Waals surface area (Å²) in [5.41, 5.74) is 2.03. The molecule has 0 aliphatic carbocycles. The molecule has 1 heterocycles. The Hall–Kier alpha value is -1.16. The van der Waals surface area contributed by atoms with Gasteiger partial charge in [-0.15, -0.1) is 5.10 Å². The predicted octanol–water partition coefficient (Wildman–Crippen LogP) is 0.886. The zero-order valence-corrected chi connectivity index (χ0v) is 8.20. The Morgan fingerprint density at radius 1 is 1.46 bits per heavy atom. The highest BCUT2D eigenvalue weighted by atomic mass is 16.3. The smallest absolute Gasteiger partial charge is 0.149 e. The molecule has 4 heteroatoms. The molecule has 1 aromatic rings. The Labute approximate surface area is 78.0 Å². The highest BCUT2D eigenvalue weighted by Gasteiger charge is 2.02. The molecule has 2 N–H and O–H groups in total. The first-order valence-corrected chi connectivity index (χ1v) is 4.32. The number of rotatable bonds is 3. The van der Waals surface area contributed by atoms with Crippen molar-refractivity contribution >= 4 is 5.82 Å². The molecule has 1 atom stereocenters. The molecule has 0 aliphatic heterocycles. The van der Waals surface area contributed by atoms with Gasteiger partial charge in [0.25, 0.3) is 0 Å².